The van der Waals surface area contributed by atoms with E-state index in [0.29, 0.717) is 31.7 Å². The lowest BCUT2D eigenvalue weighted by Gasteiger charge is -2.38. The van der Waals surface area contributed by atoms with Crippen LogP contribution in [0.4, 0.5) is 11.4 Å². The number of ether oxygens (including phenoxy) is 1. The van der Waals surface area contributed by atoms with E-state index in [4.69, 9.17) is 4.74 Å². The molecule has 1 saturated heterocycles. The maximum absolute atomic E-state index is 13.4. The highest BCUT2D eigenvalue weighted by atomic mass is 32.2. The Morgan fingerprint density at radius 2 is 1.64 bits per heavy atom. The Hall–Kier alpha value is -5.00. The first kappa shape index (κ1) is 44.1. The number of carbonyl (C=O) groups excluding carboxylic acids is 2. The summed E-state index contributed by atoms with van der Waals surface area (Å²) < 4.78 is 34.5. The van der Waals surface area contributed by atoms with Crippen molar-refractivity contribution in [3.05, 3.63) is 112 Å². The summed E-state index contributed by atoms with van der Waals surface area (Å²) in [6.45, 7) is 5.40. The molecule has 1 atom stereocenters. The highest BCUT2D eigenvalue weighted by Crippen LogP contribution is 2.32. The van der Waals surface area contributed by atoms with Crippen molar-refractivity contribution in [3.8, 4) is 16.9 Å². The van der Waals surface area contributed by atoms with Gasteiger partial charge in [-0.25, -0.2) is 13.1 Å². The van der Waals surface area contributed by atoms with E-state index in [-0.39, 0.29) is 23.2 Å². The quantitative estimate of drug-likeness (QED) is 0.0728. The number of likely N-dealkylation sites (N-methyl/N-ethyl adjacent to an activating group) is 3. The summed E-state index contributed by atoms with van der Waals surface area (Å²) in [6, 6.07) is 25.8. The van der Waals surface area contributed by atoms with Crippen LogP contribution in [-0.4, -0.2) is 138 Å². The van der Waals surface area contributed by atoms with Crippen molar-refractivity contribution in [2.45, 2.75) is 28.7 Å². The molecular weight excluding hydrogens is 779 g/mol. The van der Waals surface area contributed by atoms with Crippen molar-refractivity contribution < 1.29 is 27.7 Å². The SMILES string of the molecule is COc1cc(CCC(=O)N(C)CCN(C)C)ccc1-c1ccc(C(=O)NS(=O)(=O)c2ccc(NCC(CSc3ccccc3)N3CCN(C)CC3)c([N+](=O)[O-])c2)cc1. The Morgan fingerprint density at radius 1 is 0.931 bits per heavy atom. The molecule has 4 aromatic carbocycles. The molecule has 4 aromatic rings. The molecule has 1 aliphatic rings. The number of sulfonamides is 1. The molecule has 14 nitrogen and oxygen atoms in total. The van der Waals surface area contributed by atoms with E-state index in [1.54, 1.807) is 43.0 Å². The third kappa shape index (κ3) is 12.3. The summed E-state index contributed by atoms with van der Waals surface area (Å²) >= 11 is 1.72. The van der Waals surface area contributed by atoms with Crippen LogP contribution in [0.1, 0.15) is 22.3 Å². The number of aryl methyl sites for hydroxylation is 1. The smallest absolute Gasteiger partial charge is 0.293 e. The summed E-state index contributed by atoms with van der Waals surface area (Å²) in [7, 11) is 4.90. The minimum atomic E-state index is -4.47. The van der Waals surface area contributed by atoms with Gasteiger partial charge >= 0.3 is 0 Å². The van der Waals surface area contributed by atoms with Gasteiger partial charge in [0.15, 0.2) is 0 Å². The van der Waals surface area contributed by atoms with Crippen molar-refractivity contribution in [3.63, 3.8) is 0 Å². The average Bonchev–Trinajstić information content (AvgIpc) is 3.22. The number of piperazine rings is 1. The first-order chi connectivity index (χ1) is 27.7. The number of methoxy groups -OCH3 is 1. The molecule has 310 valence electrons. The molecule has 2 N–H and O–H groups in total. The van der Waals surface area contributed by atoms with Gasteiger partial charge in [-0.15, -0.1) is 11.8 Å². The zero-order valence-corrected chi connectivity index (χ0v) is 35.4. The van der Waals surface area contributed by atoms with Gasteiger partial charge in [0, 0.05) is 93.2 Å². The number of hydrogen-bond donors (Lipinski definition) is 2. The molecule has 1 aliphatic heterocycles. The van der Waals surface area contributed by atoms with E-state index in [1.807, 2.05) is 55.4 Å². The van der Waals surface area contributed by atoms with Gasteiger partial charge < -0.3 is 24.8 Å². The summed E-state index contributed by atoms with van der Waals surface area (Å²) in [5.41, 5.74) is 2.28. The van der Waals surface area contributed by atoms with Crippen LogP contribution in [0.5, 0.6) is 5.75 Å². The van der Waals surface area contributed by atoms with Gasteiger partial charge in [-0.1, -0.05) is 42.5 Å². The zero-order chi connectivity index (χ0) is 41.8. The molecular formula is C42H53N7O7S2. The van der Waals surface area contributed by atoms with Crippen LogP contribution in [0.3, 0.4) is 0 Å². The predicted molar refractivity (Wildman–Crippen MR) is 229 cm³/mol. The van der Waals surface area contributed by atoms with Crippen molar-refractivity contribution in [1.82, 2.24) is 24.3 Å². The number of amides is 2. The summed E-state index contributed by atoms with van der Waals surface area (Å²) in [4.78, 5) is 46.5. The van der Waals surface area contributed by atoms with E-state index < -0.39 is 31.4 Å². The molecule has 5 rings (SSSR count). The van der Waals surface area contributed by atoms with E-state index in [2.05, 4.69) is 39.0 Å². The molecule has 0 aromatic heterocycles. The minimum Gasteiger partial charge on any atom is -0.496 e. The van der Waals surface area contributed by atoms with Crippen LogP contribution in [0, 0.1) is 10.1 Å². The Balaban J connectivity index is 1.23. The molecule has 1 fully saturated rings. The number of nitro benzene ring substituents is 1. The number of anilines is 1. The highest BCUT2D eigenvalue weighted by molar-refractivity contribution is 7.99. The number of rotatable bonds is 19. The first-order valence-corrected chi connectivity index (χ1v) is 21.6. The molecule has 58 heavy (non-hydrogen) atoms. The lowest BCUT2D eigenvalue weighted by atomic mass is 9.99. The van der Waals surface area contributed by atoms with Crippen LogP contribution in [-0.2, 0) is 21.2 Å². The van der Waals surface area contributed by atoms with Gasteiger partial charge in [-0.3, -0.25) is 24.6 Å². The zero-order valence-electron chi connectivity index (χ0n) is 33.7. The standard InChI is InChI=1S/C42H53N7O7S2/c1-45(2)21-24-47(4)41(50)20-12-31-11-18-37(40(27-31)56-5)32-13-15-33(16-14-32)42(51)44-58(54,55)36-17-19-38(39(28-36)49(52)53)43-29-34(48-25-22-46(3)23-26-48)30-57-35-9-7-6-8-10-35/h6-11,13-19,27-28,34,43H,12,20-26,29-30H2,1-5H3,(H,44,51). The lowest BCUT2D eigenvalue weighted by Crippen LogP contribution is -2.52. The van der Waals surface area contributed by atoms with Crippen LogP contribution >= 0.6 is 11.8 Å². The van der Waals surface area contributed by atoms with Gasteiger partial charge in [-0.05, 0) is 81.2 Å². The Bertz CT molecular complexity index is 2130. The largest absolute Gasteiger partial charge is 0.496 e. The summed E-state index contributed by atoms with van der Waals surface area (Å²) in [5, 5.41) is 15.4. The molecule has 0 saturated carbocycles. The van der Waals surface area contributed by atoms with Crippen LogP contribution in [0.15, 0.2) is 101 Å². The van der Waals surface area contributed by atoms with E-state index in [0.717, 1.165) is 66.1 Å². The van der Waals surface area contributed by atoms with Crippen LogP contribution < -0.4 is 14.8 Å². The second kappa shape index (κ2) is 20.6. The molecule has 0 spiro atoms. The number of nitro groups is 1. The van der Waals surface area contributed by atoms with Crippen molar-refractivity contribution >= 4 is 45.0 Å². The monoisotopic (exact) mass is 831 g/mol. The van der Waals surface area contributed by atoms with Crippen LogP contribution in [0.25, 0.3) is 11.1 Å². The minimum absolute atomic E-state index is 0.0560. The van der Waals surface area contributed by atoms with Crippen LogP contribution in [0.2, 0.25) is 0 Å². The first-order valence-electron chi connectivity index (χ1n) is 19.1. The molecule has 1 heterocycles. The number of nitrogens with zero attached hydrogens (tertiary/aromatic N) is 5. The summed E-state index contributed by atoms with van der Waals surface area (Å²) in [5.74, 6) is 0.520. The highest BCUT2D eigenvalue weighted by Gasteiger charge is 2.27. The lowest BCUT2D eigenvalue weighted by molar-refractivity contribution is -0.384. The number of hydrogen-bond acceptors (Lipinski definition) is 12. The predicted octanol–water partition coefficient (Wildman–Crippen LogP) is 5.16. The molecule has 0 radical (unpaired) electrons. The molecule has 0 aliphatic carbocycles. The number of benzene rings is 4. The van der Waals surface area contributed by atoms with Gasteiger partial charge in [0.05, 0.1) is 16.9 Å². The summed E-state index contributed by atoms with van der Waals surface area (Å²) in [6.07, 6.45) is 0.906. The Kier molecular flexibility index (Phi) is 15.7. The molecule has 2 amide bonds. The fourth-order valence-corrected chi connectivity index (χ4v) is 8.54. The van der Waals surface area contributed by atoms with Gasteiger partial charge in [0.1, 0.15) is 11.4 Å². The number of thioether (sulfide) groups is 1. The van der Waals surface area contributed by atoms with Gasteiger partial charge in [0.25, 0.3) is 21.6 Å². The third-order valence-electron chi connectivity index (χ3n) is 10.1. The normalized spacial score (nSPS) is 14.2. The molecule has 0 bridgehead atoms. The maximum Gasteiger partial charge on any atom is 0.293 e. The Labute approximate surface area is 345 Å². The Morgan fingerprint density at radius 3 is 2.29 bits per heavy atom. The average molecular weight is 832 g/mol. The van der Waals surface area contributed by atoms with Gasteiger partial charge in [-0.2, -0.15) is 0 Å². The van der Waals surface area contributed by atoms with Crippen molar-refractivity contribution in [2.24, 2.45) is 0 Å². The molecule has 1 unspecified atom stereocenters. The topological polar surface area (TPSA) is 158 Å². The number of carbonyl (C=O) groups is 2. The molecule has 16 heteroatoms. The fraction of sp³-hybridized carbons (Fsp3) is 0.381. The van der Waals surface area contributed by atoms with E-state index >= 15 is 0 Å². The van der Waals surface area contributed by atoms with Crippen molar-refractivity contribution in [2.75, 3.05) is 92.2 Å². The fourth-order valence-electron chi connectivity index (χ4n) is 6.48. The second-order valence-electron chi connectivity index (χ2n) is 14.6. The van der Waals surface area contributed by atoms with E-state index in [9.17, 15) is 28.1 Å². The second-order valence-corrected chi connectivity index (χ2v) is 17.4. The number of nitrogens with one attached hydrogen (secondary N) is 2. The van der Waals surface area contributed by atoms with Crippen molar-refractivity contribution in [1.29, 1.82) is 0 Å². The van der Waals surface area contributed by atoms with Gasteiger partial charge in [0.2, 0.25) is 5.91 Å². The van der Waals surface area contributed by atoms with E-state index in [1.165, 1.54) is 24.3 Å². The maximum atomic E-state index is 13.4. The third-order valence-corrected chi connectivity index (χ3v) is 12.6.